The molecule has 156 valence electrons. The SMILES string of the molecule is CN=C(NCc1ccccc1Cn1cccn1)N1CCN(c2ccccc2O)CC1. The number of hydrogen-bond donors (Lipinski definition) is 2. The van der Waals surface area contributed by atoms with Crippen LogP contribution in [0.25, 0.3) is 0 Å². The Balaban J connectivity index is 1.36. The van der Waals surface area contributed by atoms with Gasteiger partial charge in [0.25, 0.3) is 0 Å². The average Bonchev–Trinajstić information content (AvgIpc) is 3.29. The Morgan fingerprint density at radius 1 is 1.00 bits per heavy atom. The number of rotatable bonds is 5. The topological polar surface area (TPSA) is 68.9 Å². The highest BCUT2D eigenvalue weighted by molar-refractivity contribution is 5.80. The van der Waals surface area contributed by atoms with Crippen molar-refractivity contribution in [3.8, 4) is 5.75 Å². The van der Waals surface area contributed by atoms with Gasteiger partial charge in [0.15, 0.2) is 5.96 Å². The van der Waals surface area contributed by atoms with Gasteiger partial charge in [-0.15, -0.1) is 0 Å². The van der Waals surface area contributed by atoms with Crippen LogP contribution >= 0.6 is 0 Å². The van der Waals surface area contributed by atoms with Crippen molar-refractivity contribution < 1.29 is 5.11 Å². The number of phenols is 1. The zero-order chi connectivity index (χ0) is 20.8. The number of aromatic hydroxyl groups is 1. The van der Waals surface area contributed by atoms with Crippen LogP contribution in [0.3, 0.4) is 0 Å². The predicted octanol–water partition coefficient (Wildman–Crippen LogP) is 2.53. The molecule has 0 bridgehead atoms. The molecule has 1 aromatic heterocycles. The molecule has 1 aliphatic rings. The van der Waals surface area contributed by atoms with Gasteiger partial charge in [-0.05, 0) is 29.3 Å². The van der Waals surface area contributed by atoms with E-state index in [1.54, 1.807) is 12.3 Å². The maximum atomic E-state index is 10.1. The molecule has 0 atom stereocenters. The number of para-hydroxylation sites is 2. The van der Waals surface area contributed by atoms with E-state index in [1.807, 2.05) is 42.2 Å². The van der Waals surface area contributed by atoms with Crippen molar-refractivity contribution in [2.24, 2.45) is 4.99 Å². The van der Waals surface area contributed by atoms with Crippen molar-refractivity contribution in [3.05, 3.63) is 78.1 Å². The number of nitrogens with zero attached hydrogens (tertiary/aromatic N) is 5. The summed E-state index contributed by atoms with van der Waals surface area (Å²) in [6, 6.07) is 17.9. The first-order valence-electron chi connectivity index (χ1n) is 10.3. The van der Waals surface area contributed by atoms with Gasteiger partial charge in [0.2, 0.25) is 0 Å². The Bertz CT molecular complexity index is 977. The summed E-state index contributed by atoms with van der Waals surface area (Å²) in [6.45, 7) is 4.85. The van der Waals surface area contributed by atoms with Crippen LogP contribution in [0.4, 0.5) is 5.69 Å². The van der Waals surface area contributed by atoms with E-state index < -0.39 is 0 Å². The van der Waals surface area contributed by atoms with E-state index in [-0.39, 0.29) is 0 Å². The molecular formula is C23H28N6O. The molecule has 30 heavy (non-hydrogen) atoms. The third-order valence-electron chi connectivity index (χ3n) is 5.46. The number of phenolic OH excluding ortho intramolecular Hbond substituents is 1. The van der Waals surface area contributed by atoms with E-state index in [1.165, 1.54) is 11.1 Å². The second-order valence-electron chi connectivity index (χ2n) is 7.34. The number of aliphatic imine (C=N–C) groups is 1. The van der Waals surface area contributed by atoms with Crippen LogP contribution < -0.4 is 10.2 Å². The molecule has 1 fully saturated rings. The molecule has 2 heterocycles. The Morgan fingerprint density at radius 3 is 2.43 bits per heavy atom. The van der Waals surface area contributed by atoms with E-state index in [0.29, 0.717) is 12.3 Å². The highest BCUT2D eigenvalue weighted by atomic mass is 16.3. The third-order valence-corrected chi connectivity index (χ3v) is 5.46. The quantitative estimate of drug-likeness (QED) is 0.505. The van der Waals surface area contributed by atoms with Crippen LogP contribution in [0.15, 0.2) is 72.0 Å². The molecule has 0 spiro atoms. The molecule has 0 aliphatic carbocycles. The summed E-state index contributed by atoms with van der Waals surface area (Å²) in [5, 5.41) is 18.0. The second-order valence-corrected chi connectivity index (χ2v) is 7.34. The van der Waals surface area contributed by atoms with Gasteiger partial charge >= 0.3 is 0 Å². The largest absolute Gasteiger partial charge is 0.506 e. The van der Waals surface area contributed by atoms with Crippen molar-refractivity contribution >= 4 is 11.6 Å². The highest BCUT2D eigenvalue weighted by Crippen LogP contribution is 2.27. The Labute approximate surface area is 177 Å². The summed E-state index contributed by atoms with van der Waals surface area (Å²) in [6.07, 6.45) is 3.78. The summed E-state index contributed by atoms with van der Waals surface area (Å²) in [7, 11) is 1.83. The number of benzene rings is 2. The van der Waals surface area contributed by atoms with E-state index in [4.69, 9.17) is 0 Å². The van der Waals surface area contributed by atoms with Gasteiger partial charge in [0.05, 0.1) is 12.2 Å². The van der Waals surface area contributed by atoms with Crippen LogP contribution in [0, 0.1) is 0 Å². The molecule has 7 heteroatoms. The lowest BCUT2D eigenvalue weighted by molar-refractivity contribution is 0.369. The Kier molecular flexibility index (Phi) is 6.17. The monoisotopic (exact) mass is 404 g/mol. The minimum absolute atomic E-state index is 0.335. The van der Waals surface area contributed by atoms with Crippen LogP contribution in [0.2, 0.25) is 0 Å². The molecule has 0 radical (unpaired) electrons. The first-order chi connectivity index (χ1) is 14.7. The fourth-order valence-electron chi connectivity index (χ4n) is 3.85. The fraction of sp³-hybridized carbons (Fsp3) is 0.304. The van der Waals surface area contributed by atoms with Gasteiger partial charge in [0.1, 0.15) is 5.75 Å². The van der Waals surface area contributed by atoms with Gasteiger partial charge in [-0.2, -0.15) is 5.10 Å². The minimum Gasteiger partial charge on any atom is -0.506 e. The second kappa shape index (κ2) is 9.35. The minimum atomic E-state index is 0.335. The number of anilines is 1. The molecule has 0 unspecified atom stereocenters. The van der Waals surface area contributed by atoms with Crippen molar-refractivity contribution in [2.75, 3.05) is 38.1 Å². The summed E-state index contributed by atoms with van der Waals surface area (Å²) < 4.78 is 1.94. The van der Waals surface area contributed by atoms with Crippen molar-refractivity contribution in [2.45, 2.75) is 13.1 Å². The van der Waals surface area contributed by atoms with E-state index in [0.717, 1.165) is 44.4 Å². The molecule has 7 nitrogen and oxygen atoms in total. The molecule has 3 aromatic rings. The van der Waals surface area contributed by atoms with Crippen LogP contribution in [-0.4, -0.2) is 59.0 Å². The van der Waals surface area contributed by atoms with Crippen molar-refractivity contribution in [1.29, 1.82) is 0 Å². The van der Waals surface area contributed by atoms with Gasteiger partial charge in [-0.25, -0.2) is 0 Å². The molecule has 4 rings (SSSR count). The lowest BCUT2D eigenvalue weighted by Crippen LogP contribution is -2.52. The molecule has 0 saturated carbocycles. The lowest BCUT2D eigenvalue weighted by Gasteiger charge is -2.37. The number of hydrogen-bond acceptors (Lipinski definition) is 4. The Morgan fingerprint density at radius 2 is 1.73 bits per heavy atom. The zero-order valence-corrected chi connectivity index (χ0v) is 17.3. The maximum Gasteiger partial charge on any atom is 0.194 e. The average molecular weight is 405 g/mol. The summed E-state index contributed by atoms with van der Waals surface area (Å²) in [5.41, 5.74) is 3.38. The predicted molar refractivity (Wildman–Crippen MR) is 120 cm³/mol. The third kappa shape index (κ3) is 4.56. The van der Waals surface area contributed by atoms with E-state index in [9.17, 15) is 5.11 Å². The van der Waals surface area contributed by atoms with Crippen LogP contribution in [-0.2, 0) is 13.1 Å². The van der Waals surface area contributed by atoms with Gasteiger partial charge < -0.3 is 20.2 Å². The number of nitrogens with one attached hydrogen (secondary N) is 1. The number of aromatic nitrogens is 2. The normalized spacial score (nSPS) is 14.8. The van der Waals surface area contributed by atoms with Gasteiger partial charge in [0, 0.05) is 52.2 Å². The molecule has 0 amide bonds. The summed E-state index contributed by atoms with van der Waals surface area (Å²) in [4.78, 5) is 8.98. The van der Waals surface area contributed by atoms with Crippen LogP contribution in [0.5, 0.6) is 5.75 Å². The number of guanidine groups is 1. The van der Waals surface area contributed by atoms with Crippen molar-refractivity contribution in [1.82, 2.24) is 20.0 Å². The molecule has 2 N–H and O–H groups in total. The fourth-order valence-corrected chi connectivity index (χ4v) is 3.85. The van der Waals surface area contributed by atoms with Gasteiger partial charge in [-0.3, -0.25) is 9.67 Å². The lowest BCUT2D eigenvalue weighted by atomic mass is 10.1. The van der Waals surface area contributed by atoms with Gasteiger partial charge in [-0.1, -0.05) is 36.4 Å². The summed E-state index contributed by atoms with van der Waals surface area (Å²) >= 11 is 0. The van der Waals surface area contributed by atoms with Crippen LogP contribution in [0.1, 0.15) is 11.1 Å². The van der Waals surface area contributed by atoms with Crippen molar-refractivity contribution in [3.63, 3.8) is 0 Å². The zero-order valence-electron chi connectivity index (χ0n) is 17.3. The Hall–Kier alpha value is -3.48. The first kappa shape index (κ1) is 19.8. The molecule has 1 saturated heterocycles. The molecular weight excluding hydrogens is 376 g/mol. The summed E-state index contributed by atoms with van der Waals surface area (Å²) in [5.74, 6) is 1.24. The molecule has 2 aromatic carbocycles. The standard InChI is InChI=1S/C23H28N6O/c1-24-23(28-15-13-27(14-16-28)21-9-4-5-10-22(21)30)25-17-19-7-2-3-8-20(19)18-29-12-6-11-26-29/h2-12,30H,13-18H2,1H3,(H,24,25). The maximum absolute atomic E-state index is 10.1. The van der Waals surface area contributed by atoms with E-state index in [2.05, 4.69) is 49.5 Å². The van der Waals surface area contributed by atoms with E-state index >= 15 is 0 Å². The first-order valence-corrected chi connectivity index (χ1v) is 10.3. The molecule has 1 aliphatic heterocycles. The highest BCUT2D eigenvalue weighted by Gasteiger charge is 2.21. The smallest absolute Gasteiger partial charge is 0.194 e. The number of piperazine rings is 1.